The number of rotatable bonds is 6. The van der Waals surface area contributed by atoms with Crippen LogP contribution >= 0.6 is 0 Å². The Hall–Kier alpha value is -0.290. The highest BCUT2D eigenvalue weighted by atomic mass is 19.4. The van der Waals surface area contributed by atoms with Gasteiger partial charge in [-0.25, -0.2) is 0 Å². The van der Waals surface area contributed by atoms with Crippen LogP contribution in [0.4, 0.5) is 13.2 Å². The zero-order valence-corrected chi connectivity index (χ0v) is 7.35. The van der Waals surface area contributed by atoms with E-state index >= 15 is 0 Å². The van der Waals surface area contributed by atoms with Crippen molar-refractivity contribution in [2.24, 2.45) is 0 Å². The number of aliphatic hydroxyl groups is 2. The molecule has 0 aromatic heterocycles. The van der Waals surface area contributed by atoms with Crippen LogP contribution in [0, 0.1) is 0 Å². The molecule has 0 fully saturated rings. The van der Waals surface area contributed by atoms with Crippen LogP contribution in [-0.2, 0) is 0 Å². The van der Waals surface area contributed by atoms with Crippen LogP contribution < -0.4 is 0 Å². The first kappa shape index (κ1) is 12.7. The van der Waals surface area contributed by atoms with E-state index in [1.807, 2.05) is 0 Å². The Morgan fingerprint density at radius 3 is 2.15 bits per heavy atom. The normalized spacial score (nSPS) is 14.5. The van der Waals surface area contributed by atoms with Crippen LogP contribution in [0.2, 0.25) is 0 Å². The average molecular weight is 200 g/mol. The lowest BCUT2D eigenvalue weighted by Crippen LogP contribution is -2.19. The third kappa shape index (κ3) is 9.63. The molecular weight excluding hydrogens is 185 g/mol. The molecule has 1 atom stereocenters. The summed E-state index contributed by atoms with van der Waals surface area (Å²) in [5.74, 6) is 0. The first-order chi connectivity index (χ1) is 5.95. The summed E-state index contributed by atoms with van der Waals surface area (Å²) in [7, 11) is 0. The summed E-state index contributed by atoms with van der Waals surface area (Å²) < 4.78 is 35.0. The van der Waals surface area contributed by atoms with Crippen LogP contribution in [0.25, 0.3) is 0 Å². The predicted octanol–water partition coefficient (Wildman–Crippen LogP) is 1.85. The van der Waals surface area contributed by atoms with Crippen molar-refractivity contribution in [1.29, 1.82) is 0 Å². The van der Waals surface area contributed by atoms with Crippen molar-refractivity contribution in [2.75, 3.05) is 6.61 Å². The summed E-state index contributed by atoms with van der Waals surface area (Å²) in [6.07, 6.45) is -4.79. The molecule has 0 aliphatic carbocycles. The fraction of sp³-hybridized carbons (Fsp3) is 1.00. The van der Waals surface area contributed by atoms with Gasteiger partial charge in [0, 0.05) is 6.61 Å². The van der Waals surface area contributed by atoms with Gasteiger partial charge < -0.3 is 10.2 Å². The minimum absolute atomic E-state index is 0.0510. The number of hydrogen-bond acceptors (Lipinski definition) is 2. The molecule has 13 heavy (non-hydrogen) atoms. The largest absolute Gasteiger partial charge is 0.396 e. The van der Waals surface area contributed by atoms with Gasteiger partial charge in [0.25, 0.3) is 0 Å². The monoisotopic (exact) mass is 200 g/mol. The molecule has 0 aromatic rings. The van der Waals surface area contributed by atoms with Gasteiger partial charge in [-0.3, -0.25) is 0 Å². The zero-order valence-electron chi connectivity index (χ0n) is 7.35. The molecule has 0 aromatic carbocycles. The highest BCUT2D eigenvalue weighted by molar-refractivity contribution is 4.61. The van der Waals surface area contributed by atoms with E-state index in [0.717, 1.165) is 0 Å². The van der Waals surface area contributed by atoms with Crippen molar-refractivity contribution < 1.29 is 23.4 Å². The van der Waals surface area contributed by atoms with Crippen molar-refractivity contribution in [1.82, 2.24) is 0 Å². The number of hydrogen-bond donors (Lipinski definition) is 2. The lowest BCUT2D eigenvalue weighted by atomic mass is 10.1. The van der Waals surface area contributed by atoms with E-state index in [1.165, 1.54) is 0 Å². The molecule has 5 heteroatoms. The van der Waals surface area contributed by atoms with E-state index in [4.69, 9.17) is 10.2 Å². The van der Waals surface area contributed by atoms with Crippen LogP contribution in [0.3, 0.4) is 0 Å². The van der Waals surface area contributed by atoms with E-state index in [9.17, 15) is 13.2 Å². The first-order valence-electron chi connectivity index (χ1n) is 4.31. The van der Waals surface area contributed by atoms with Gasteiger partial charge >= 0.3 is 6.18 Å². The van der Waals surface area contributed by atoms with Gasteiger partial charge in [0.15, 0.2) is 0 Å². The van der Waals surface area contributed by atoms with Gasteiger partial charge in [0.2, 0.25) is 0 Å². The van der Waals surface area contributed by atoms with Crippen LogP contribution in [0.1, 0.15) is 32.1 Å². The minimum Gasteiger partial charge on any atom is -0.396 e. The van der Waals surface area contributed by atoms with Gasteiger partial charge in [-0.1, -0.05) is 12.8 Å². The van der Waals surface area contributed by atoms with Crippen molar-refractivity contribution in [2.45, 2.75) is 44.4 Å². The molecule has 0 amide bonds. The Morgan fingerprint density at radius 2 is 1.69 bits per heavy atom. The molecule has 0 aliphatic rings. The van der Waals surface area contributed by atoms with Gasteiger partial charge in [0.05, 0.1) is 12.5 Å². The Balaban J connectivity index is 3.35. The standard InChI is InChI=1S/C8H15F3O2/c9-8(10,11)6-7(13)4-2-1-3-5-12/h7,12-13H,1-6H2. The van der Waals surface area contributed by atoms with E-state index in [0.29, 0.717) is 19.3 Å². The molecule has 80 valence electrons. The Labute approximate surface area is 75.4 Å². The highest BCUT2D eigenvalue weighted by Gasteiger charge is 2.30. The lowest BCUT2D eigenvalue weighted by molar-refractivity contribution is -0.154. The Kier molecular flexibility index (Phi) is 6.07. The quantitative estimate of drug-likeness (QED) is 0.642. The molecule has 1 unspecified atom stereocenters. The van der Waals surface area contributed by atoms with Crippen LogP contribution in [0.5, 0.6) is 0 Å². The molecule has 0 saturated carbocycles. The van der Waals surface area contributed by atoms with Crippen molar-refractivity contribution in [3.63, 3.8) is 0 Å². The zero-order chi connectivity index (χ0) is 10.3. The van der Waals surface area contributed by atoms with Crippen LogP contribution in [0.15, 0.2) is 0 Å². The molecule has 2 N–H and O–H groups in total. The van der Waals surface area contributed by atoms with E-state index in [2.05, 4.69) is 0 Å². The number of halogens is 3. The smallest absolute Gasteiger partial charge is 0.391 e. The SMILES string of the molecule is OCCCCCC(O)CC(F)(F)F. The van der Waals surface area contributed by atoms with E-state index in [1.54, 1.807) is 0 Å². The molecule has 0 aliphatic heterocycles. The second-order valence-electron chi connectivity index (χ2n) is 3.05. The fourth-order valence-corrected chi connectivity index (χ4v) is 1.04. The molecule has 0 radical (unpaired) electrons. The maximum Gasteiger partial charge on any atom is 0.391 e. The molecule has 0 bridgehead atoms. The Bertz CT molecular complexity index is 125. The van der Waals surface area contributed by atoms with E-state index in [-0.39, 0.29) is 13.0 Å². The van der Waals surface area contributed by atoms with E-state index < -0.39 is 18.7 Å². The van der Waals surface area contributed by atoms with Crippen molar-refractivity contribution >= 4 is 0 Å². The summed E-state index contributed by atoms with van der Waals surface area (Å²) >= 11 is 0. The molecule has 0 spiro atoms. The van der Waals surface area contributed by atoms with Gasteiger partial charge in [-0.2, -0.15) is 13.2 Å². The lowest BCUT2D eigenvalue weighted by Gasteiger charge is -2.12. The number of unbranched alkanes of at least 4 members (excludes halogenated alkanes) is 2. The van der Waals surface area contributed by atoms with Crippen molar-refractivity contribution in [3.05, 3.63) is 0 Å². The molecule has 0 saturated heterocycles. The molecule has 2 nitrogen and oxygen atoms in total. The topological polar surface area (TPSA) is 40.5 Å². The summed E-state index contributed by atoms with van der Waals surface area (Å²) in [4.78, 5) is 0. The minimum atomic E-state index is -4.28. The summed E-state index contributed by atoms with van der Waals surface area (Å²) in [6, 6.07) is 0. The maximum absolute atomic E-state index is 11.7. The van der Waals surface area contributed by atoms with Crippen molar-refractivity contribution in [3.8, 4) is 0 Å². The first-order valence-corrected chi connectivity index (χ1v) is 4.31. The fourth-order valence-electron chi connectivity index (χ4n) is 1.04. The second-order valence-corrected chi connectivity index (χ2v) is 3.05. The predicted molar refractivity (Wildman–Crippen MR) is 42.2 cm³/mol. The van der Waals surface area contributed by atoms with Crippen LogP contribution in [-0.4, -0.2) is 29.1 Å². The summed E-state index contributed by atoms with van der Waals surface area (Å²) in [5, 5.41) is 17.3. The number of aliphatic hydroxyl groups excluding tert-OH is 2. The number of alkyl halides is 3. The highest BCUT2D eigenvalue weighted by Crippen LogP contribution is 2.23. The maximum atomic E-state index is 11.7. The van der Waals surface area contributed by atoms with Gasteiger partial charge in [-0.15, -0.1) is 0 Å². The average Bonchev–Trinajstić information content (AvgIpc) is 1.94. The molecule has 0 rings (SSSR count). The van der Waals surface area contributed by atoms with Gasteiger partial charge in [0.1, 0.15) is 0 Å². The second kappa shape index (κ2) is 6.21. The third-order valence-electron chi connectivity index (χ3n) is 1.66. The summed E-state index contributed by atoms with van der Waals surface area (Å²) in [5.41, 5.74) is 0. The van der Waals surface area contributed by atoms with Gasteiger partial charge in [-0.05, 0) is 12.8 Å². The molecular formula is C8H15F3O2. The summed E-state index contributed by atoms with van der Waals surface area (Å²) in [6.45, 7) is 0.0510. The third-order valence-corrected chi connectivity index (χ3v) is 1.66. The Morgan fingerprint density at radius 1 is 1.08 bits per heavy atom. The molecule has 0 heterocycles.